The summed E-state index contributed by atoms with van der Waals surface area (Å²) in [5, 5.41) is 14.8. The molecule has 3 aromatic rings. The average molecular weight is 366 g/mol. The highest BCUT2D eigenvalue weighted by atomic mass is 32.1. The van der Waals surface area contributed by atoms with Gasteiger partial charge in [-0.1, -0.05) is 41.2 Å². The van der Waals surface area contributed by atoms with Gasteiger partial charge in [-0.05, 0) is 37.6 Å². The number of rotatable bonds is 4. The van der Waals surface area contributed by atoms with Gasteiger partial charge in [-0.25, -0.2) is 0 Å². The third-order valence-electron chi connectivity index (χ3n) is 3.70. The number of nitrogens with zero attached hydrogens (tertiary/aromatic N) is 2. The molecule has 0 saturated heterocycles. The molecule has 0 bridgehead atoms. The van der Waals surface area contributed by atoms with E-state index in [2.05, 4.69) is 26.9 Å². The second kappa shape index (κ2) is 7.45. The zero-order valence-corrected chi connectivity index (χ0v) is 15.5. The monoisotopic (exact) mass is 366 g/mol. The minimum absolute atomic E-state index is 0.190. The van der Waals surface area contributed by atoms with E-state index >= 15 is 0 Å². The summed E-state index contributed by atoms with van der Waals surface area (Å²) < 4.78 is 0. The molecule has 0 aliphatic carbocycles. The summed E-state index contributed by atoms with van der Waals surface area (Å²) in [6.07, 6.45) is 0. The van der Waals surface area contributed by atoms with E-state index in [9.17, 15) is 9.59 Å². The van der Waals surface area contributed by atoms with E-state index in [1.807, 2.05) is 26.0 Å². The second-order valence-corrected chi connectivity index (χ2v) is 6.92. The molecule has 2 N–H and O–H groups in total. The molecule has 0 radical (unpaired) electrons. The van der Waals surface area contributed by atoms with E-state index in [1.165, 1.54) is 23.8 Å². The molecule has 132 valence electrons. The van der Waals surface area contributed by atoms with E-state index in [0.717, 1.165) is 16.1 Å². The van der Waals surface area contributed by atoms with Crippen LogP contribution in [-0.2, 0) is 4.79 Å². The van der Waals surface area contributed by atoms with Gasteiger partial charge in [0, 0.05) is 23.7 Å². The van der Waals surface area contributed by atoms with Crippen LogP contribution in [0.15, 0.2) is 42.5 Å². The molecule has 2 aromatic carbocycles. The van der Waals surface area contributed by atoms with Gasteiger partial charge in [-0.3, -0.25) is 14.9 Å². The Bertz CT molecular complexity index is 981. The zero-order chi connectivity index (χ0) is 18.7. The predicted octanol–water partition coefficient (Wildman–Crippen LogP) is 4.03. The molecule has 6 nitrogen and oxygen atoms in total. The molecule has 0 unspecified atom stereocenters. The highest BCUT2D eigenvalue weighted by Crippen LogP contribution is 2.29. The van der Waals surface area contributed by atoms with Crippen molar-refractivity contribution in [3.8, 4) is 10.6 Å². The van der Waals surface area contributed by atoms with E-state index in [0.29, 0.717) is 16.4 Å². The van der Waals surface area contributed by atoms with Gasteiger partial charge in [0.25, 0.3) is 5.91 Å². The number of aromatic nitrogens is 2. The fraction of sp³-hybridized carbons (Fsp3) is 0.158. The molecule has 0 aliphatic rings. The first-order valence-electron chi connectivity index (χ1n) is 8.02. The van der Waals surface area contributed by atoms with Gasteiger partial charge in [0.15, 0.2) is 0 Å². The normalized spacial score (nSPS) is 10.4. The standard InChI is InChI=1S/C19H18N4O2S/c1-11-7-8-16(12(2)9-11)18-22-23-19(26-18)21-17(25)14-5-4-6-15(10-14)20-13(3)24/h4-10H,1-3H3,(H,20,24)(H,21,23,25). The van der Waals surface area contributed by atoms with Gasteiger partial charge in [0.2, 0.25) is 11.0 Å². The number of nitrogens with one attached hydrogen (secondary N) is 2. The molecular formula is C19H18N4O2S. The summed E-state index contributed by atoms with van der Waals surface area (Å²) >= 11 is 1.32. The van der Waals surface area contributed by atoms with Crippen molar-refractivity contribution >= 4 is 34.0 Å². The van der Waals surface area contributed by atoms with Gasteiger partial charge >= 0.3 is 0 Å². The molecule has 7 heteroatoms. The number of benzene rings is 2. The quantitative estimate of drug-likeness (QED) is 0.730. The second-order valence-electron chi connectivity index (χ2n) is 5.95. The van der Waals surface area contributed by atoms with Crippen molar-refractivity contribution in [2.24, 2.45) is 0 Å². The molecule has 0 atom stereocenters. The molecule has 0 fully saturated rings. The molecule has 26 heavy (non-hydrogen) atoms. The van der Waals surface area contributed by atoms with Crippen LogP contribution in [0, 0.1) is 13.8 Å². The Morgan fingerprint density at radius 1 is 1.00 bits per heavy atom. The maximum absolute atomic E-state index is 12.4. The van der Waals surface area contributed by atoms with E-state index in [-0.39, 0.29) is 11.8 Å². The topological polar surface area (TPSA) is 84.0 Å². The van der Waals surface area contributed by atoms with E-state index < -0.39 is 0 Å². The predicted molar refractivity (Wildman–Crippen MR) is 104 cm³/mol. The molecule has 1 aromatic heterocycles. The maximum atomic E-state index is 12.4. The van der Waals surface area contributed by atoms with Crippen LogP contribution >= 0.6 is 11.3 Å². The Hall–Kier alpha value is -3.06. The van der Waals surface area contributed by atoms with Crippen molar-refractivity contribution in [1.29, 1.82) is 0 Å². The number of carbonyl (C=O) groups excluding carboxylic acids is 2. The van der Waals surface area contributed by atoms with E-state index in [4.69, 9.17) is 0 Å². The lowest BCUT2D eigenvalue weighted by atomic mass is 10.1. The molecular weight excluding hydrogens is 348 g/mol. The third kappa shape index (κ3) is 4.12. The fourth-order valence-corrected chi connectivity index (χ4v) is 3.38. The minimum Gasteiger partial charge on any atom is -0.326 e. The molecule has 3 rings (SSSR count). The first kappa shape index (κ1) is 17.8. The van der Waals surface area contributed by atoms with Crippen molar-refractivity contribution in [3.63, 3.8) is 0 Å². The van der Waals surface area contributed by atoms with Crippen molar-refractivity contribution < 1.29 is 9.59 Å². The van der Waals surface area contributed by atoms with Crippen LogP contribution in [0.4, 0.5) is 10.8 Å². The van der Waals surface area contributed by atoms with Gasteiger partial charge in [-0.2, -0.15) is 0 Å². The first-order chi connectivity index (χ1) is 12.4. The summed E-state index contributed by atoms with van der Waals surface area (Å²) in [6.45, 7) is 5.48. The van der Waals surface area contributed by atoms with Crippen LogP contribution in [0.5, 0.6) is 0 Å². The smallest absolute Gasteiger partial charge is 0.257 e. The van der Waals surface area contributed by atoms with Crippen LogP contribution in [0.25, 0.3) is 10.6 Å². The number of amides is 2. The van der Waals surface area contributed by atoms with Crippen LogP contribution in [0.1, 0.15) is 28.4 Å². The lowest BCUT2D eigenvalue weighted by Gasteiger charge is -2.05. The lowest BCUT2D eigenvalue weighted by Crippen LogP contribution is -2.13. The van der Waals surface area contributed by atoms with Crippen molar-refractivity contribution in [3.05, 3.63) is 59.2 Å². The van der Waals surface area contributed by atoms with E-state index in [1.54, 1.807) is 24.3 Å². The van der Waals surface area contributed by atoms with Gasteiger partial charge in [-0.15, -0.1) is 10.2 Å². The van der Waals surface area contributed by atoms with Crippen LogP contribution in [0.2, 0.25) is 0 Å². The Balaban J connectivity index is 1.76. The Labute approximate surface area is 155 Å². The summed E-state index contributed by atoms with van der Waals surface area (Å²) in [5.41, 5.74) is 4.30. The average Bonchev–Trinajstić information content (AvgIpc) is 3.02. The Morgan fingerprint density at radius 2 is 1.81 bits per heavy atom. The first-order valence-corrected chi connectivity index (χ1v) is 8.84. The third-order valence-corrected chi connectivity index (χ3v) is 4.57. The minimum atomic E-state index is -0.305. The number of hydrogen-bond donors (Lipinski definition) is 2. The van der Waals surface area contributed by atoms with Crippen molar-refractivity contribution in [1.82, 2.24) is 10.2 Å². The summed E-state index contributed by atoms with van der Waals surface area (Å²) in [5.74, 6) is -0.495. The largest absolute Gasteiger partial charge is 0.326 e. The highest BCUT2D eigenvalue weighted by molar-refractivity contribution is 7.18. The molecule has 0 aliphatic heterocycles. The molecule has 2 amide bonds. The van der Waals surface area contributed by atoms with Gasteiger partial charge in [0.1, 0.15) is 5.01 Å². The summed E-state index contributed by atoms with van der Waals surface area (Å²) in [4.78, 5) is 23.6. The Morgan fingerprint density at radius 3 is 2.54 bits per heavy atom. The SMILES string of the molecule is CC(=O)Nc1cccc(C(=O)Nc2nnc(-c3ccc(C)cc3C)s2)c1. The number of aryl methyl sites for hydroxylation is 2. The summed E-state index contributed by atoms with van der Waals surface area (Å²) in [6, 6.07) is 12.8. The maximum Gasteiger partial charge on any atom is 0.257 e. The Kier molecular flexibility index (Phi) is 5.09. The number of hydrogen-bond acceptors (Lipinski definition) is 5. The molecule has 0 saturated carbocycles. The zero-order valence-electron chi connectivity index (χ0n) is 14.7. The molecule has 0 spiro atoms. The van der Waals surface area contributed by atoms with Crippen molar-refractivity contribution in [2.75, 3.05) is 10.6 Å². The van der Waals surface area contributed by atoms with Gasteiger partial charge < -0.3 is 5.32 Å². The summed E-state index contributed by atoms with van der Waals surface area (Å²) in [7, 11) is 0. The molecule has 1 heterocycles. The van der Waals surface area contributed by atoms with Gasteiger partial charge in [0.05, 0.1) is 0 Å². The highest BCUT2D eigenvalue weighted by Gasteiger charge is 2.13. The number of anilines is 2. The number of carbonyl (C=O) groups is 2. The van der Waals surface area contributed by atoms with Crippen LogP contribution in [0.3, 0.4) is 0 Å². The van der Waals surface area contributed by atoms with Crippen LogP contribution < -0.4 is 10.6 Å². The lowest BCUT2D eigenvalue weighted by molar-refractivity contribution is -0.114. The van der Waals surface area contributed by atoms with Crippen LogP contribution in [-0.4, -0.2) is 22.0 Å². The van der Waals surface area contributed by atoms with Crippen molar-refractivity contribution in [2.45, 2.75) is 20.8 Å². The fourth-order valence-electron chi connectivity index (χ4n) is 2.55.